The van der Waals surface area contributed by atoms with Crippen LogP contribution in [0, 0.1) is 0 Å². The molecule has 3 aromatic heterocycles. The van der Waals surface area contributed by atoms with Gasteiger partial charge in [0.05, 0.1) is 22.1 Å². The van der Waals surface area contributed by atoms with Crippen molar-refractivity contribution >= 4 is 43.7 Å². The first-order valence-electron chi connectivity index (χ1n) is 18.8. The Bertz CT molecular complexity index is 3240. The Morgan fingerprint density at radius 3 is 1.70 bits per heavy atom. The highest BCUT2D eigenvalue weighted by atomic mass is 16.3. The molecule has 0 bridgehead atoms. The molecule has 5 heteroatoms. The van der Waals surface area contributed by atoms with Gasteiger partial charge in [0.25, 0.3) is 0 Å². The zero-order chi connectivity index (χ0) is 37.0. The van der Waals surface area contributed by atoms with E-state index in [9.17, 15) is 0 Å². The van der Waals surface area contributed by atoms with E-state index in [0.29, 0.717) is 17.5 Å². The van der Waals surface area contributed by atoms with Crippen LogP contribution in [0.2, 0.25) is 0 Å². The molecule has 0 atom stereocenters. The highest BCUT2D eigenvalue weighted by Crippen LogP contribution is 2.42. The van der Waals surface area contributed by atoms with Gasteiger partial charge < -0.3 is 8.98 Å². The van der Waals surface area contributed by atoms with E-state index >= 15 is 0 Å². The molecule has 0 saturated heterocycles. The fourth-order valence-corrected chi connectivity index (χ4v) is 8.06. The van der Waals surface area contributed by atoms with Crippen molar-refractivity contribution in [3.63, 3.8) is 0 Å². The lowest BCUT2D eigenvalue weighted by Crippen LogP contribution is -2.02. The second kappa shape index (κ2) is 13.0. The molecule has 11 rings (SSSR count). The maximum Gasteiger partial charge on any atom is 0.166 e. The number of hydrogen-bond acceptors (Lipinski definition) is 4. The van der Waals surface area contributed by atoms with Crippen LogP contribution in [0.3, 0.4) is 0 Å². The minimum absolute atomic E-state index is 0.601. The van der Waals surface area contributed by atoms with E-state index < -0.39 is 0 Å². The SMILES string of the molecule is c1ccc(-c2cccc(-c3nc(-c4ccccc4)nc(-c4cccc5c6ccccc6n(-c6cccc7oc8ccc(-c9ccccc9)cc8c67)c45)n3)c2)cc1. The first-order chi connectivity index (χ1) is 27.8. The molecule has 0 amide bonds. The first kappa shape index (κ1) is 31.9. The smallest absolute Gasteiger partial charge is 0.166 e. The summed E-state index contributed by atoms with van der Waals surface area (Å²) in [6, 6.07) is 67.3. The lowest BCUT2D eigenvalue weighted by molar-refractivity contribution is 0.669. The lowest BCUT2D eigenvalue weighted by atomic mass is 10.0. The van der Waals surface area contributed by atoms with Crippen molar-refractivity contribution in [3.8, 4) is 62.1 Å². The molecule has 0 aliphatic rings. The minimum Gasteiger partial charge on any atom is -0.456 e. The first-order valence-corrected chi connectivity index (χ1v) is 18.8. The van der Waals surface area contributed by atoms with Crippen molar-refractivity contribution in [2.75, 3.05) is 0 Å². The molecule has 262 valence electrons. The maximum atomic E-state index is 6.55. The average molecular weight is 717 g/mol. The largest absolute Gasteiger partial charge is 0.456 e. The van der Waals surface area contributed by atoms with Crippen molar-refractivity contribution in [2.24, 2.45) is 0 Å². The summed E-state index contributed by atoms with van der Waals surface area (Å²) in [5.74, 6) is 1.83. The van der Waals surface area contributed by atoms with Crippen LogP contribution in [0.4, 0.5) is 0 Å². The Kier molecular flexibility index (Phi) is 7.42. The Labute approximate surface area is 322 Å². The lowest BCUT2D eigenvalue weighted by Gasteiger charge is -2.14. The molecule has 0 fully saturated rings. The maximum absolute atomic E-state index is 6.55. The molecular formula is C51H32N4O. The number of para-hydroxylation sites is 2. The predicted molar refractivity (Wildman–Crippen MR) is 229 cm³/mol. The average Bonchev–Trinajstić information content (AvgIpc) is 3.83. The highest BCUT2D eigenvalue weighted by Gasteiger charge is 2.22. The molecule has 0 radical (unpaired) electrons. The minimum atomic E-state index is 0.601. The van der Waals surface area contributed by atoms with Crippen molar-refractivity contribution in [2.45, 2.75) is 0 Å². The third-order valence-electron chi connectivity index (χ3n) is 10.7. The molecule has 3 heterocycles. The van der Waals surface area contributed by atoms with Crippen LogP contribution in [-0.4, -0.2) is 19.5 Å². The van der Waals surface area contributed by atoms with E-state index in [1.807, 2.05) is 30.3 Å². The summed E-state index contributed by atoms with van der Waals surface area (Å²) in [6.45, 7) is 0. The Morgan fingerprint density at radius 2 is 0.929 bits per heavy atom. The van der Waals surface area contributed by atoms with Gasteiger partial charge in [-0.05, 0) is 64.7 Å². The standard InChI is InChI=1S/C51H32N4O/c1-4-15-33(16-5-1)36-21-12-22-38(31-36)50-52-49(35-19-8-3-9-20-35)53-51(54-50)41-25-13-24-40-39-23-10-11-26-43(39)55(48(40)41)44-27-14-28-46-47(44)42-32-37(29-30-45(42)56-46)34-17-6-2-7-18-34/h1-32H. The molecular weight excluding hydrogens is 685 g/mol. The van der Waals surface area contributed by atoms with E-state index in [0.717, 1.165) is 88.4 Å². The summed E-state index contributed by atoms with van der Waals surface area (Å²) in [7, 11) is 0. The number of aromatic nitrogens is 4. The van der Waals surface area contributed by atoms with E-state index in [-0.39, 0.29) is 0 Å². The van der Waals surface area contributed by atoms with Gasteiger partial charge >= 0.3 is 0 Å². The van der Waals surface area contributed by atoms with Crippen LogP contribution >= 0.6 is 0 Å². The van der Waals surface area contributed by atoms with Crippen molar-refractivity contribution in [3.05, 3.63) is 194 Å². The molecule has 0 aliphatic carbocycles. The van der Waals surface area contributed by atoms with Gasteiger partial charge in [-0.25, -0.2) is 15.0 Å². The Morgan fingerprint density at radius 1 is 0.357 bits per heavy atom. The van der Waals surface area contributed by atoms with Crippen molar-refractivity contribution < 1.29 is 4.42 Å². The molecule has 0 N–H and O–H groups in total. The van der Waals surface area contributed by atoms with Gasteiger partial charge in [-0.15, -0.1) is 0 Å². The number of fused-ring (bicyclic) bond motifs is 6. The summed E-state index contributed by atoms with van der Waals surface area (Å²) in [6.07, 6.45) is 0. The van der Waals surface area contributed by atoms with Gasteiger partial charge in [-0.3, -0.25) is 0 Å². The molecule has 0 saturated carbocycles. The molecule has 0 unspecified atom stereocenters. The van der Waals surface area contributed by atoms with Crippen LogP contribution < -0.4 is 0 Å². The van der Waals surface area contributed by atoms with Gasteiger partial charge in [0.1, 0.15) is 11.2 Å². The van der Waals surface area contributed by atoms with Crippen molar-refractivity contribution in [1.29, 1.82) is 0 Å². The zero-order valence-corrected chi connectivity index (χ0v) is 30.2. The molecule has 0 spiro atoms. The van der Waals surface area contributed by atoms with Crippen LogP contribution in [0.1, 0.15) is 0 Å². The third kappa shape index (κ3) is 5.29. The van der Waals surface area contributed by atoms with Gasteiger partial charge in [0, 0.05) is 32.8 Å². The van der Waals surface area contributed by atoms with Gasteiger partial charge in [0.15, 0.2) is 17.5 Å². The van der Waals surface area contributed by atoms with Gasteiger partial charge in [-0.1, -0.05) is 152 Å². The fourth-order valence-electron chi connectivity index (χ4n) is 8.06. The van der Waals surface area contributed by atoms with Crippen LogP contribution in [0.15, 0.2) is 199 Å². The Hall–Kier alpha value is -7.63. The normalized spacial score (nSPS) is 11.6. The highest BCUT2D eigenvalue weighted by molar-refractivity contribution is 6.17. The van der Waals surface area contributed by atoms with E-state index in [2.05, 4.69) is 168 Å². The monoisotopic (exact) mass is 716 g/mol. The van der Waals surface area contributed by atoms with E-state index in [4.69, 9.17) is 19.4 Å². The number of furan rings is 1. The number of rotatable bonds is 6. The topological polar surface area (TPSA) is 56.7 Å². The molecule has 5 nitrogen and oxygen atoms in total. The fraction of sp³-hybridized carbons (Fsp3) is 0. The molecule has 0 aliphatic heterocycles. The predicted octanol–water partition coefficient (Wildman–Crippen LogP) is 13.2. The second-order valence-corrected chi connectivity index (χ2v) is 14.0. The van der Waals surface area contributed by atoms with E-state index in [1.54, 1.807) is 0 Å². The molecule has 11 aromatic rings. The molecule has 8 aromatic carbocycles. The van der Waals surface area contributed by atoms with Crippen LogP contribution in [-0.2, 0) is 0 Å². The zero-order valence-electron chi connectivity index (χ0n) is 30.2. The Balaban J connectivity index is 1.19. The van der Waals surface area contributed by atoms with Crippen molar-refractivity contribution in [1.82, 2.24) is 19.5 Å². The number of benzene rings is 8. The summed E-state index contributed by atoms with van der Waals surface area (Å²) < 4.78 is 8.91. The third-order valence-corrected chi connectivity index (χ3v) is 10.7. The van der Waals surface area contributed by atoms with Gasteiger partial charge in [-0.2, -0.15) is 0 Å². The summed E-state index contributed by atoms with van der Waals surface area (Å²) >= 11 is 0. The number of hydrogen-bond donors (Lipinski definition) is 0. The number of nitrogens with zero attached hydrogens (tertiary/aromatic N) is 4. The molecule has 56 heavy (non-hydrogen) atoms. The van der Waals surface area contributed by atoms with E-state index in [1.165, 1.54) is 0 Å². The van der Waals surface area contributed by atoms with Crippen LogP contribution in [0.25, 0.3) is 106 Å². The summed E-state index contributed by atoms with van der Waals surface area (Å²) in [5.41, 5.74) is 12.1. The summed E-state index contributed by atoms with van der Waals surface area (Å²) in [4.78, 5) is 15.6. The summed E-state index contributed by atoms with van der Waals surface area (Å²) in [5, 5.41) is 4.37. The van der Waals surface area contributed by atoms with Crippen LogP contribution in [0.5, 0.6) is 0 Å². The van der Waals surface area contributed by atoms with Gasteiger partial charge in [0.2, 0.25) is 0 Å². The quantitative estimate of drug-likeness (QED) is 0.172. The second-order valence-electron chi connectivity index (χ2n) is 14.0.